The van der Waals surface area contributed by atoms with Gasteiger partial charge in [-0.3, -0.25) is 4.98 Å². The molecule has 1 aromatic heterocycles. The van der Waals surface area contributed by atoms with Gasteiger partial charge in [0.05, 0.1) is 5.69 Å². The van der Waals surface area contributed by atoms with Crippen LogP contribution >= 0.6 is 31.9 Å². The monoisotopic (exact) mass is 518 g/mol. The summed E-state index contributed by atoms with van der Waals surface area (Å²) in [5, 5.41) is 3.51. The molecule has 1 N–H and O–H groups in total. The number of nitrogens with one attached hydrogen (secondary N) is 1. The number of rotatable bonds is 2. The highest BCUT2D eigenvalue weighted by molar-refractivity contribution is 9.10. The molecule has 1 saturated heterocycles. The highest BCUT2D eigenvalue weighted by Gasteiger charge is 2.34. The predicted molar refractivity (Wildman–Crippen MR) is 131 cm³/mol. The fourth-order valence-electron chi connectivity index (χ4n) is 4.40. The third kappa shape index (κ3) is 5.59. The van der Waals surface area contributed by atoms with Crippen LogP contribution in [0, 0.1) is 18.8 Å². The highest BCUT2D eigenvalue weighted by Crippen LogP contribution is 2.45. The molecule has 1 aliphatic heterocycles. The molecule has 2 heterocycles. The maximum atomic E-state index is 4.91. The predicted octanol–water partition coefficient (Wildman–Crippen LogP) is 6.97. The van der Waals surface area contributed by atoms with Gasteiger partial charge in [-0.1, -0.05) is 41.9 Å². The van der Waals surface area contributed by atoms with Gasteiger partial charge in [0.25, 0.3) is 0 Å². The molecule has 4 heteroatoms. The fourth-order valence-corrected chi connectivity index (χ4v) is 5.64. The van der Waals surface area contributed by atoms with Gasteiger partial charge in [-0.05, 0) is 108 Å². The molecule has 156 valence electrons. The number of fused-ring (bicyclic) bond motifs is 2. The Balaban J connectivity index is 0.000000431. The number of allylic oxidation sites excluding steroid dienone is 1. The van der Waals surface area contributed by atoms with E-state index in [4.69, 9.17) is 4.98 Å². The van der Waals surface area contributed by atoms with E-state index >= 15 is 0 Å². The van der Waals surface area contributed by atoms with Crippen LogP contribution in [0.1, 0.15) is 60.6 Å². The molecule has 0 amide bonds. The molecule has 0 bridgehead atoms. The molecule has 1 unspecified atom stereocenters. The van der Waals surface area contributed by atoms with Gasteiger partial charge in [0.1, 0.15) is 0 Å². The Labute approximate surface area is 192 Å². The largest absolute Gasteiger partial charge is 0.317 e. The highest BCUT2D eigenvalue weighted by atomic mass is 79.9. The Morgan fingerprint density at radius 2 is 1.76 bits per heavy atom. The second-order valence-corrected chi connectivity index (χ2v) is 10.3. The van der Waals surface area contributed by atoms with Gasteiger partial charge in [0.2, 0.25) is 0 Å². The quantitative estimate of drug-likeness (QED) is 0.433. The number of hydrogen-bond donors (Lipinski definition) is 1. The molecule has 0 radical (unpaired) electrons. The van der Waals surface area contributed by atoms with E-state index in [9.17, 15) is 0 Å². The average Bonchev–Trinajstić information content (AvgIpc) is 2.86. The van der Waals surface area contributed by atoms with Crippen molar-refractivity contribution >= 4 is 31.9 Å². The maximum Gasteiger partial charge on any atom is 0.0514 e. The molecule has 2 aliphatic rings. The lowest BCUT2D eigenvalue weighted by Gasteiger charge is -2.32. The standard InChI is InChI=1S/C20H22Br2N2.C5H10/c1-12-8-14-2-3-15-10-16(21)11-24-20(15)19(18(14)17(22)9-12)13-4-6-23-7-5-13;1-4-5(2)3/h8-11,13,19,23H,2-7H2,1H3;4-5H,1H2,2-3H3. The summed E-state index contributed by atoms with van der Waals surface area (Å²) in [7, 11) is 0. The minimum atomic E-state index is 0.405. The number of benzene rings is 1. The van der Waals surface area contributed by atoms with Crippen molar-refractivity contribution in [2.24, 2.45) is 11.8 Å². The summed E-state index contributed by atoms with van der Waals surface area (Å²) in [5.41, 5.74) is 7.03. The molecule has 2 nitrogen and oxygen atoms in total. The second kappa shape index (κ2) is 10.4. The van der Waals surface area contributed by atoms with Crippen molar-refractivity contribution < 1.29 is 0 Å². The van der Waals surface area contributed by atoms with Crippen LogP contribution in [-0.2, 0) is 12.8 Å². The summed E-state index contributed by atoms with van der Waals surface area (Å²) in [6.45, 7) is 12.2. The van der Waals surface area contributed by atoms with Crippen LogP contribution in [-0.4, -0.2) is 18.1 Å². The van der Waals surface area contributed by atoms with Gasteiger partial charge in [0.15, 0.2) is 0 Å². The topological polar surface area (TPSA) is 24.9 Å². The number of aromatic nitrogens is 1. The molecular weight excluding hydrogens is 488 g/mol. The average molecular weight is 520 g/mol. The molecule has 29 heavy (non-hydrogen) atoms. The fraction of sp³-hybridized carbons (Fsp3) is 0.480. The molecule has 1 aromatic carbocycles. The first-order valence-corrected chi connectivity index (χ1v) is 12.3. The Hall–Kier alpha value is -0.970. The van der Waals surface area contributed by atoms with Crippen molar-refractivity contribution in [3.05, 3.63) is 73.9 Å². The van der Waals surface area contributed by atoms with Crippen molar-refractivity contribution in [1.29, 1.82) is 0 Å². The zero-order valence-corrected chi connectivity index (χ0v) is 20.9. The van der Waals surface area contributed by atoms with Gasteiger partial charge < -0.3 is 5.32 Å². The third-order valence-electron chi connectivity index (χ3n) is 5.92. The van der Waals surface area contributed by atoms with Crippen molar-refractivity contribution in [2.45, 2.75) is 52.4 Å². The lowest BCUT2D eigenvalue weighted by molar-refractivity contribution is 0.338. The number of piperidine rings is 1. The van der Waals surface area contributed by atoms with E-state index in [1.165, 1.54) is 45.3 Å². The Morgan fingerprint density at radius 3 is 2.41 bits per heavy atom. The lowest BCUT2D eigenvalue weighted by atomic mass is 9.76. The number of halogens is 2. The molecular formula is C25H32Br2N2. The number of aryl methyl sites for hydroxylation is 3. The lowest BCUT2D eigenvalue weighted by Crippen LogP contribution is -2.32. The van der Waals surface area contributed by atoms with E-state index in [-0.39, 0.29) is 0 Å². The van der Waals surface area contributed by atoms with Crippen LogP contribution in [0.25, 0.3) is 0 Å². The van der Waals surface area contributed by atoms with Crippen molar-refractivity contribution in [1.82, 2.24) is 10.3 Å². The van der Waals surface area contributed by atoms with Gasteiger partial charge in [-0.2, -0.15) is 0 Å². The van der Waals surface area contributed by atoms with Gasteiger partial charge >= 0.3 is 0 Å². The number of hydrogen-bond acceptors (Lipinski definition) is 2. The molecule has 1 aliphatic carbocycles. The Bertz CT molecular complexity index is 854. The molecule has 0 saturated carbocycles. The van der Waals surface area contributed by atoms with E-state index < -0.39 is 0 Å². The maximum absolute atomic E-state index is 4.91. The van der Waals surface area contributed by atoms with Gasteiger partial charge in [-0.25, -0.2) is 0 Å². The Kier molecular flexibility index (Phi) is 8.12. The minimum absolute atomic E-state index is 0.405. The normalized spacial score (nSPS) is 18.9. The number of nitrogens with zero attached hydrogens (tertiary/aromatic N) is 1. The van der Waals surface area contributed by atoms with Gasteiger partial charge in [0, 0.05) is 21.1 Å². The van der Waals surface area contributed by atoms with Crippen molar-refractivity contribution in [3.8, 4) is 0 Å². The Morgan fingerprint density at radius 1 is 1.10 bits per heavy atom. The first-order chi connectivity index (χ1) is 13.9. The van der Waals surface area contributed by atoms with Crippen LogP contribution in [0.15, 0.2) is 46.0 Å². The zero-order chi connectivity index (χ0) is 21.0. The van der Waals surface area contributed by atoms with Crippen LogP contribution in [0.2, 0.25) is 0 Å². The molecule has 2 aromatic rings. The van der Waals surface area contributed by atoms with Crippen molar-refractivity contribution in [3.63, 3.8) is 0 Å². The van der Waals surface area contributed by atoms with Crippen molar-refractivity contribution in [2.75, 3.05) is 13.1 Å². The van der Waals surface area contributed by atoms with E-state index in [1.54, 1.807) is 0 Å². The molecule has 1 atom stereocenters. The molecule has 1 fully saturated rings. The van der Waals surface area contributed by atoms with E-state index in [1.807, 2.05) is 12.3 Å². The zero-order valence-electron chi connectivity index (χ0n) is 17.8. The second-order valence-electron chi connectivity index (χ2n) is 8.56. The first-order valence-electron chi connectivity index (χ1n) is 10.7. The molecule has 0 spiro atoms. The molecule has 4 rings (SSSR count). The van der Waals surface area contributed by atoms with Crippen LogP contribution in [0.4, 0.5) is 0 Å². The number of pyridine rings is 1. The van der Waals surface area contributed by atoms with E-state index in [0.717, 1.165) is 30.4 Å². The smallest absolute Gasteiger partial charge is 0.0514 e. The summed E-state index contributed by atoms with van der Waals surface area (Å²) in [6, 6.07) is 6.94. The third-order valence-corrected chi connectivity index (χ3v) is 7.01. The summed E-state index contributed by atoms with van der Waals surface area (Å²) in [5.74, 6) is 1.72. The summed E-state index contributed by atoms with van der Waals surface area (Å²) < 4.78 is 2.35. The van der Waals surface area contributed by atoms with Gasteiger partial charge in [-0.15, -0.1) is 6.58 Å². The summed E-state index contributed by atoms with van der Waals surface area (Å²) in [4.78, 5) is 4.91. The van der Waals surface area contributed by atoms with Crippen LogP contribution < -0.4 is 5.32 Å². The van der Waals surface area contributed by atoms with Crippen LogP contribution in [0.3, 0.4) is 0 Å². The summed E-state index contributed by atoms with van der Waals surface area (Å²) in [6.07, 6.45) is 8.51. The first kappa shape index (κ1) is 22.7. The SMILES string of the molecule is C=CC(C)C.Cc1cc(Br)c2c(c1)CCc1cc(Br)cnc1C2C1CCNCC1. The van der Waals surface area contributed by atoms with E-state index in [0.29, 0.717) is 17.8 Å². The van der Waals surface area contributed by atoms with E-state index in [2.05, 4.69) is 82.7 Å². The van der Waals surface area contributed by atoms with Crippen LogP contribution in [0.5, 0.6) is 0 Å². The minimum Gasteiger partial charge on any atom is -0.317 e. The summed E-state index contributed by atoms with van der Waals surface area (Å²) >= 11 is 7.50.